The van der Waals surface area contributed by atoms with Gasteiger partial charge < -0.3 is 5.73 Å². The van der Waals surface area contributed by atoms with Crippen LogP contribution in [0.25, 0.3) is 0 Å². The molecule has 0 radical (unpaired) electrons. The summed E-state index contributed by atoms with van der Waals surface area (Å²) in [5.74, 6) is 0.360. The van der Waals surface area contributed by atoms with Crippen molar-refractivity contribution < 1.29 is 4.21 Å². The van der Waals surface area contributed by atoms with E-state index in [1.54, 1.807) is 18.2 Å². The molecule has 0 aliphatic carbocycles. The average Bonchev–Trinajstić information content (AvgIpc) is 2.36. The van der Waals surface area contributed by atoms with E-state index in [1.165, 1.54) is 0 Å². The Hall–Kier alpha value is -1.03. The molecule has 2 N–H and O–H groups in total. The molecule has 0 aliphatic rings. The maximum Gasteiger partial charge on any atom is 0.0647 e. The molecule has 1 atom stereocenters. The van der Waals surface area contributed by atoms with E-state index in [2.05, 4.69) is 0 Å². The second-order valence-corrected chi connectivity index (χ2v) is 6.53. The highest BCUT2D eigenvalue weighted by molar-refractivity contribution is 7.84. The molecule has 1 unspecified atom stereocenters. The van der Waals surface area contributed by atoms with Crippen LogP contribution in [0, 0.1) is 6.92 Å². The lowest BCUT2D eigenvalue weighted by molar-refractivity contribution is 0.682. The summed E-state index contributed by atoms with van der Waals surface area (Å²) in [4.78, 5) is 0.649. The quantitative estimate of drug-likeness (QED) is 0.863. The lowest BCUT2D eigenvalue weighted by Gasteiger charge is -2.07. The van der Waals surface area contributed by atoms with Gasteiger partial charge in [0.2, 0.25) is 0 Å². The largest absolute Gasteiger partial charge is 0.398 e. The summed E-state index contributed by atoms with van der Waals surface area (Å²) >= 11 is 12.1. The molecule has 0 saturated carbocycles. The molecule has 2 nitrogen and oxygen atoms in total. The number of benzene rings is 2. The van der Waals surface area contributed by atoms with Gasteiger partial charge in [-0.3, -0.25) is 4.21 Å². The lowest BCUT2D eigenvalue weighted by Crippen LogP contribution is -1.98. The molecule has 2 rings (SSSR count). The van der Waals surface area contributed by atoms with Crippen LogP contribution >= 0.6 is 23.2 Å². The predicted octanol–water partition coefficient (Wildman–Crippen LogP) is 4.19. The summed E-state index contributed by atoms with van der Waals surface area (Å²) in [6.45, 7) is 1.96. The number of nitrogen functional groups attached to an aromatic ring is 1. The first kappa shape index (κ1) is 14.4. The molecule has 2 aromatic rings. The molecule has 0 amide bonds. The third-order valence-electron chi connectivity index (χ3n) is 2.73. The van der Waals surface area contributed by atoms with Crippen molar-refractivity contribution in [3.8, 4) is 0 Å². The average molecular weight is 314 g/mol. The van der Waals surface area contributed by atoms with Gasteiger partial charge in [0.25, 0.3) is 0 Å². The van der Waals surface area contributed by atoms with Gasteiger partial charge in [0, 0.05) is 9.92 Å². The first-order chi connectivity index (χ1) is 8.97. The highest BCUT2D eigenvalue weighted by Gasteiger charge is 2.09. The smallest absolute Gasteiger partial charge is 0.0647 e. The molecule has 0 aliphatic heterocycles. The molecule has 100 valence electrons. The van der Waals surface area contributed by atoms with Gasteiger partial charge in [-0.25, -0.2) is 0 Å². The van der Waals surface area contributed by atoms with Gasteiger partial charge in [-0.1, -0.05) is 35.3 Å². The molecule has 0 bridgehead atoms. The van der Waals surface area contributed by atoms with Crippen molar-refractivity contribution in [1.82, 2.24) is 0 Å². The van der Waals surface area contributed by atoms with E-state index in [4.69, 9.17) is 28.9 Å². The summed E-state index contributed by atoms with van der Waals surface area (Å²) < 4.78 is 12.3. The van der Waals surface area contributed by atoms with Crippen molar-refractivity contribution in [3.05, 3.63) is 57.6 Å². The van der Waals surface area contributed by atoms with E-state index >= 15 is 0 Å². The molecule has 5 heteroatoms. The summed E-state index contributed by atoms with van der Waals surface area (Å²) in [5, 5.41) is 1.05. The Balaban J connectivity index is 2.23. The molecule has 19 heavy (non-hydrogen) atoms. The zero-order valence-corrected chi connectivity index (χ0v) is 12.6. The summed E-state index contributed by atoms with van der Waals surface area (Å²) in [6, 6.07) is 10.7. The lowest BCUT2D eigenvalue weighted by atomic mass is 10.2. The van der Waals surface area contributed by atoms with E-state index in [0.717, 1.165) is 11.1 Å². The Kier molecular flexibility index (Phi) is 4.50. The van der Waals surface area contributed by atoms with Gasteiger partial charge in [0.1, 0.15) is 0 Å². The van der Waals surface area contributed by atoms with E-state index in [0.29, 0.717) is 26.4 Å². The van der Waals surface area contributed by atoms with Crippen molar-refractivity contribution in [3.63, 3.8) is 0 Å². The van der Waals surface area contributed by atoms with Crippen LogP contribution in [0.1, 0.15) is 11.1 Å². The van der Waals surface area contributed by atoms with E-state index in [9.17, 15) is 4.21 Å². The zero-order chi connectivity index (χ0) is 14.0. The fourth-order valence-corrected chi connectivity index (χ4v) is 3.44. The van der Waals surface area contributed by atoms with Gasteiger partial charge >= 0.3 is 0 Å². The number of rotatable bonds is 3. The highest BCUT2D eigenvalue weighted by atomic mass is 35.5. The van der Waals surface area contributed by atoms with E-state index in [1.807, 2.05) is 25.1 Å². The van der Waals surface area contributed by atoms with Crippen molar-refractivity contribution in [2.75, 3.05) is 5.73 Å². The number of halogens is 2. The first-order valence-corrected chi connectivity index (χ1v) is 7.73. The third kappa shape index (κ3) is 3.50. The normalized spacial score (nSPS) is 12.4. The fourth-order valence-electron chi connectivity index (χ4n) is 1.64. The van der Waals surface area contributed by atoms with Crippen molar-refractivity contribution in [2.45, 2.75) is 17.6 Å². The predicted molar refractivity (Wildman–Crippen MR) is 82.2 cm³/mol. The molecular weight excluding hydrogens is 301 g/mol. The van der Waals surface area contributed by atoms with Crippen molar-refractivity contribution in [2.24, 2.45) is 0 Å². The molecule has 0 heterocycles. The van der Waals surface area contributed by atoms with Gasteiger partial charge in [-0.05, 0) is 42.3 Å². The minimum atomic E-state index is -1.19. The summed E-state index contributed by atoms with van der Waals surface area (Å²) in [5.41, 5.74) is 8.05. The van der Waals surface area contributed by atoms with Crippen LogP contribution in [0.4, 0.5) is 5.69 Å². The maximum atomic E-state index is 12.3. The minimum absolute atomic E-state index is 0.360. The third-order valence-corrected chi connectivity index (χ3v) is 4.76. The first-order valence-electron chi connectivity index (χ1n) is 5.66. The molecule has 0 spiro atoms. The van der Waals surface area contributed by atoms with Crippen LogP contribution in [0.3, 0.4) is 0 Å². The van der Waals surface area contributed by atoms with Gasteiger partial charge in [-0.2, -0.15) is 0 Å². The van der Waals surface area contributed by atoms with Crippen LogP contribution in [0.15, 0.2) is 41.3 Å². The SMILES string of the molecule is Cc1ccc(CS(=O)c2ccc(N)c(Cl)c2)c(Cl)c1. The zero-order valence-electron chi connectivity index (χ0n) is 10.3. The topological polar surface area (TPSA) is 43.1 Å². The fraction of sp³-hybridized carbons (Fsp3) is 0.143. The van der Waals surface area contributed by atoms with E-state index < -0.39 is 10.8 Å². The second kappa shape index (κ2) is 5.95. The van der Waals surface area contributed by atoms with Gasteiger partial charge in [-0.15, -0.1) is 0 Å². The highest BCUT2D eigenvalue weighted by Crippen LogP contribution is 2.25. The molecule has 0 fully saturated rings. The van der Waals surface area contributed by atoms with Crippen LogP contribution < -0.4 is 5.73 Å². The van der Waals surface area contributed by atoms with Crippen LogP contribution in [-0.2, 0) is 16.6 Å². The van der Waals surface area contributed by atoms with Gasteiger partial charge in [0.15, 0.2) is 0 Å². The maximum absolute atomic E-state index is 12.3. The Labute approximate surface area is 125 Å². The van der Waals surface area contributed by atoms with Crippen LogP contribution in [0.2, 0.25) is 10.0 Å². The van der Waals surface area contributed by atoms with Crippen molar-refractivity contribution >= 4 is 39.7 Å². The van der Waals surface area contributed by atoms with Crippen molar-refractivity contribution in [1.29, 1.82) is 0 Å². The Morgan fingerprint density at radius 3 is 2.47 bits per heavy atom. The molecule has 0 saturated heterocycles. The van der Waals surface area contributed by atoms with Crippen LogP contribution in [-0.4, -0.2) is 4.21 Å². The monoisotopic (exact) mass is 313 g/mol. The molecular formula is C14H13Cl2NOS. The number of aryl methyl sites for hydroxylation is 1. The molecule has 0 aromatic heterocycles. The minimum Gasteiger partial charge on any atom is -0.398 e. The number of hydrogen-bond donors (Lipinski definition) is 1. The number of nitrogens with two attached hydrogens (primary N) is 1. The number of anilines is 1. The Morgan fingerprint density at radius 1 is 1.11 bits per heavy atom. The Morgan fingerprint density at radius 2 is 1.84 bits per heavy atom. The van der Waals surface area contributed by atoms with Crippen LogP contribution in [0.5, 0.6) is 0 Å². The Bertz CT molecular complexity index is 643. The number of hydrogen-bond acceptors (Lipinski definition) is 2. The van der Waals surface area contributed by atoms with Gasteiger partial charge in [0.05, 0.1) is 27.3 Å². The second-order valence-electron chi connectivity index (χ2n) is 4.27. The summed E-state index contributed by atoms with van der Waals surface area (Å²) in [6.07, 6.45) is 0. The summed E-state index contributed by atoms with van der Waals surface area (Å²) in [7, 11) is -1.19. The standard InChI is InChI=1S/C14H13Cl2NOS/c1-9-2-3-10(12(15)6-9)8-19(18)11-4-5-14(17)13(16)7-11/h2-7H,8,17H2,1H3. The van der Waals surface area contributed by atoms with E-state index in [-0.39, 0.29) is 0 Å². The molecule has 2 aromatic carbocycles.